The minimum absolute atomic E-state index is 0.123. The van der Waals surface area contributed by atoms with Crippen molar-refractivity contribution < 1.29 is 9.53 Å². The number of ether oxygens (including phenoxy) is 1. The number of urea groups is 1. The predicted molar refractivity (Wildman–Crippen MR) is 103 cm³/mol. The molecule has 1 aliphatic rings. The van der Waals surface area contributed by atoms with Crippen molar-refractivity contribution in [1.29, 1.82) is 0 Å². The van der Waals surface area contributed by atoms with E-state index in [1.807, 2.05) is 17.4 Å². The van der Waals surface area contributed by atoms with Crippen LogP contribution in [0.4, 0.5) is 4.79 Å². The van der Waals surface area contributed by atoms with Gasteiger partial charge in [-0.2, -0.15) is 0 Å². The molecule has 2 amide bonds. The van der Waals surface area contributed by atoms with Crippen molar-refractivity contribution in [3.05, 3.63) is 46.3 Å². The maximum atomic E-state index is 12.0. The largest absolute Gasteiger partial charge is 0.481 e. The van der Waals surface area contributed by atoms with Crippen LogP contribution in [-0.2, 0) is 13.1 Å². The van der Waals surface area contributed by atoms with Crippen LogP contribution in [0.2, 0.25) is 0 Å². The van der Waals surface area contributed by atoms with E-state index in [1.165, 1.54) is 4.88 Å². The molecule has 1 aliphatic heterocycles. The molecule has 0 aromatic carbocycles. The summed E-state index contributed by atoms with van der Waals surface area (Å²) in [7, 11) is 1.58. The lowest BCUT2D eigenvalue weighted by Gasteiger charge is -2.31. The quantitative estimate of drug-likeness (QED) is 0.782. The summed E-state index contributed by atoms with van der Waals surface area (Å²) in [6.07, 6.45) is 3.98. The first-order chi connectivity index (χ1) is 12.7. The van der Waals surface area contributed by atoms with Gasteiger partial charge < -0.3 is 15.4 Å². The lowest BCUT2D eigenvalue weighted by Crippen LogP contribution is -2.41. The number of rotatable bonds is 7. The standard InChI is InChI=1S/C19H26N4O2S/c1-25-18-5-4-16(12-20-18)13-22-19(24)21-11-15-6-8-23(9-7-15)14-17-3-2-10-26-17/h2-5,10,12,15H,6-9,11,13-14H2,1H3,(H2,21,22,24). The van der Waals surface area contributed by atoms with E-state index in [0.717, 1.165) is 44.6 Å². The van der Waals surface area contributed by atoms with E-state index in [1.54, 1.807) is 19.4 Å². The first-order valence-electron chi connectivity index (χ1n) is 8.98. The fraction of sp³-hybridized carbons (Fsp3) is 0.474. The minimum atomic E-state index is -0.123. The van der Waals surface area contributed by atoms with Crippen LogP contribution in [0.15, 0.2) is 35.8 Å². The van der Waals surface area contributed by atoms with Gasteiger partial charge >= 0.3 is 6.03 Å². The van der Waals surface area contributed by atoms with Gasteiger partial charge in [-0.05, 0) is 48.9 Å². The Hall–Kier alpha value is -2.12. The number of piperidine rings is 1. The second-order valence-corrected chi connectivity index (χ2v) is 7.60. The molecule has 2 N–H and O–H groups in total. The van der Waals surface area contributed by atoms with Gasteiger partial charge in [-0.1, -0.05) is 12.1 Å². The number of nitrogens with one attached hydrogen (secondary N) is 2. The Bertz CT molecular complexity index is 667. The Morgan fingerprint density at radius 1 is 1.31 bits per heavy atom. The number of methoxy groups -OCH3 is 1. The summed E-state index contributed by atoms with van der Waals surface area (Å²) in [5, 5.41) is 8.00. The summed E-state index contributed by atoms with van der Waals surface area (Å²) >= 11 is 1.82. The van der Waals surface area contributed by atoms with Gasteiger partial charge in [0.05, 0.1) is 7.11 Å². The van der Waals surface area contributed by atoms with Gasteiger partial charge in [-0.15, -0.1) is 11.3 Å². The summed E-state index contributed by atoms with van der Waals surface area (Å²) in [6.45, 7) is 4.45. The van der Waals surface area contributed by atoms with Gasteiger partial charge in [0.2, 0.25) is 5.88 Å². The van der Waals surface area contributed by atoms with Gasteiger partial charge in [-0.25, -0.2) is 9.78 Å². The Kier molecular flexibility index (Phi) is 6.85. The van der Waals surface area contributed by atoms with Crippen molar-refractivity contribution >= 4 is 17.4 Å². The highest BCUT2D eigenvalue weighted by Gasteiger charge is 2.19. The molecule has 6 nitrogen and oxygen atoms in total. The molecule has 7 heteroatoms. The number of nitrogens with zero attached hydrogens (tertiary/aromatic N) is 2. The molecule has 0 aliphatic carbocycles. The molecule has 26 heavy (non-hydrogen) atoms. The number of hydrogen-bond acceptors (Lipinski definition) is 5. The first-order valence-corrected chi connectivity index (χ1v) is 9.86. The summed E-state index contributed by atoms with van der Waals surface area (Å²) in [5.74, 6) is 1.13. The van der Waals surface area contributed by atoms with E-state index >= 15 is 0 Å². The highest BCUT2D eigenvalue weighted by molar-refractivity contribution is 7.09. The molecule has 0 saturated carbocycles. The van der Waals surface area contributed by atoms with Crippen molar-refractivity contribution in [3.63, 3.8) is 0 Å². The van der Waals surface area contributed by atoms with E-state index in [0.29, 0.717) is 18.3 Å². The molecule has 1 fully saturated rings. The van der Waals surface area contributed by atoms with Gasteiger partial charge in [0.1, 0.15) is 0 Å². The Labute approximate surface area is 158 Å². The number of thiophene rings is 1. The Morgan fingerprint density at radius 2 is 2.15 bits per heavy atom. The van der Waals surface area contributed by atoms with E-state index in [2.05, 4.69) is 38.0 Å². The van der Waals surface area contributed by atoms with E-state index in [4.69, 9.17) is 4.74 Å². The lowest BCUT2D eigenvalue weighted by molar-refractivity contribution is 0.176. The third kappa shape index (κ3) is 5.71. The van der Waals surface area contributed by atoms with Gasteiger partial charge in [0.25, 0.3) is 0 Å². The fourth-order valence-corrected chi connectivity index (χ4v) is 3.84. The molecule has 1 saturated heterocycles. The van der Waals surface area contributed by atoms with Crippen molar-refractivity contribution in [2.24, 2.45) is 5.92 Å². The highest BCUT2D eigenvalue weighted by Crippen LogP contribution is 2.20. The van der Waals surface area contributed by atoms with Crippen LogP contribution in [0.5, 0.6) is 5.88 Å². The Balaban J connectivity index is 1.31. The number of carbonyl (C=O) groups excluding carboxylic acids is 1. The second kappa shape index (κ2) is 9.54. The number of likely N-dealkylation sites (tertiary alicyclic amines) is 1. The maximum absolute atomic E-state index is 12.0. The van der Waals surface area contributed by atoms with Crippen molar-refractivity contribution in [1.82, 2.24) is 20.5 Å². The third-order valence-corrected chi connectivity index (χ3v) is 5.54. The van der Waals surface area contributed by atoms with Crippen LogP contribution in [0.1, 0.15) is 23.3 Å². The maximum Gasteiger partial charge on any atom is 0.315 e. The molecule has 2 aromatic heterocycles. The number of carbonyl (C=O) groups is 1. The van der Waals surface area contributed by atoms with E-state index in [9.17, 15) is 4.79 Å². The molecule has 3 heterocycles. The predicted octanol–water partition coefficient (Wildman–Crippen LogP) is 2.86. The third-order valence-electron chi connectivity index (χ3n) is 4.68. The summed E-state index contributed by atoms with van der Waals surface area (Å²) in [6, 6.07) is 7.87. The average Bonchev–Trinajstić information content (AvgIpc) is 3.19. The molecule has 0 spiro atoms. The number of amides is 2. The van der Waals surface area contributed by atoms with Crippen LogP contribution in [0.3, 0.4) is 0 Å². The second-order valence-electron chi connectivity index (χ2n) is 6.57. The zero-order chi connectivity index (χ0) is 18.2. The van der Waals surface area contributed by atoms with Gasteiger partial charge in [0, 0.05) is 36.8 Å². The van der Waals surface area contributed by atoms with Crippen LogP contribution >= 0.6 is 11.3 Å². The lowest BCUT2D eigenvalue weighted by atomic mass is 9.97. The zero-order valence-electron chi connectivity index (χ0n) is 15.1. The van der Waals surface area contributed by atoms with Crippen LogP contribution in [0.25, 0.3) is 0 Å². The van der Waals surface area contributed by atoms with Crippen LogP contribution in [-0.4, -0.2) is 42.7 Å². The molecule has 140 valence electrons. The number of hydrogen-bond donors (Lipinski definition) is 2. The van der Waals surface area contributed by atoms with E-state index < -0.39 is 0 Å². The monoisotopic (exact) mass is 374 g/mol. The molecule has 0 unspecified atom stereocenters. The molecule has 0 atom stereocenters. The van der Waals surface area contributed by atoms with Crippen molar-refractivity contribution in [3.8, 4) is 5.88 Å². The zero-order valence-corrected chi connectivity index (χ0v) is 15.9. The molecule has 0 radical (unpaired) electrons. The smallest absolute Gasteiger partial charge is 0.315 e. The average molecular weight is 375 g/mol. The molecule has 0 bridgehead atoms. The molecular weight excluding hydrogens is 348 g/mol. The summed E-state index contributed by atoms with van der Waals surface area (Å²) < 4.78 is 5.02. The number of aromatic nitrogens is 1. The summed E-state index contributed by atoms with van der Waals surface area (Å²) in [5.41, 5.74) is 0.947. The Morgan fingerprint density at radius 3 is 2.81 bits per heavy atom. The van der Waals surface area contributed by atoms with Crippen LogP contribution < -0.4 is 15.4 Å². The van der Waals surface area contributed by atoms with Crippen LogP contribution in [0, 0.1) is 5.92 Å². The van der Waals surface area contributed by atoms with Gasteiger partial charge in [-0.3, -0.25) is 4.90 Å². The topological polar surface area (TPSA) is 66.5 Å². The van der Waals surface area contributed by atoms with Gasteiger partial charge in [0.15, 0.2) is 0 Å². The van der Waals surface area contributed by atoms with Crippen molar-refractivity contribution in [2.45, 2.75) is 25.9 Å². The molecule has 2 aromatic rings. The van der Waals surface area contributed by atoms with E-state index in [-0.39, 0.29) is 6.03 Å². The molecule has 3 rings (SSSR count). The SMILES string of the molecule is COc1ccc(CNC(=O)NCC2CCN(Cc3cccs3)CC2)cn1. The molecular formula is C19H26N4O2S. The highest BCUT2D eigenvalue weighted by atomic mass is 32.1. The van der Waals surface area contributed by atoms with Crippen molar-refractivity contribution in [2.75, 3.05) is 26.7 Å². The fourth-order valence-electron chi connectivity index (χ4n) is 3.09. The normalized spacial score (nSPS) is 15.6. The first kappa shape index (κ1) is 18.7. The summed E-state index contributed by atoms with van der Waals surface area (Å²) in [4.78, 5) is 20.0. The number of pyridine rings is 1. The minimum Gasteiger partial charge on any atom is -0.481 e.